The Morgan fingerprint density at radius 2 is 2.14 bits per heavy atom. The van der Waals surface area contributed by atoms with E-state index in [9.17, 15) is 0 Å². The molecule has 0 radical (unpaired) electrons. The standard InChI is InChI=1S/C11H20N2S/c1-11(2,9-14)8-13(7-3-6-12)10-4-5-10/h10,14H,3-5,7-9H2,1-2H3. The van der Waals surface area contributed by atoms with Gasteiger partial charge in [-0.25, -0.2) is 0 Å². The molecule has 0 amide bonds. The molecule has 0 aromatic carbocycles. The maximum Gasteiger partial charge on any atom is 0.0635 e. The Labute approximate surface area is 92.7 Å². The second-order valence-electron chi connectivity index (χ2n) is 4.93. The Bertz CT molecular complexity index is 216. The highest BCUT2D eigenvalue weighted by Gasteiger charge is 2.31. The predicted octanol–water partition coefficient (Wildman–Crippen LogP) is 2.32. The average molecular weight is 212 g/mol. The monoisotopic (exact) mass is 212 g/mol. The summed E-state index contributed by atoms with van der Waals surface area (Å²) >= 11 is 4.36. The summed E-state index contributed by atoms with van der Waals surface area (Å²) in [6.07, 6.45) is 3.28. The van der Waals surface area contributed by atoms with Crippen molar-refractivity contribution >= 4 is 12.6 Å². The van der Waals surface area contributed by atoms with Crippen molar-refractivity contribution in [2.45, 2.75) is 39.2 Å². The Morgan fingerprint density at radius 3 is 2.57 bits per heavy atom. The van der Waals surface area contributed by atoms with Crippen LogP contribution >= 0.6 is 12.6 Å². The molecule has 3 heteroatoms. The minimum atomic E-state index is 0.265. The number of thiol groups is 1. The summed E-state index contributed by atoms with van der Waals surface area (Å²) in [6.45, 7) is 6.48. The summed E-state index contributed by atoms with van der Waals surface area (Å²) in [5, 5.41) is 8.58. The number of hydrogen-bond acceptors (Lipinski definition) is 3. The molecule has 14 heavy (non-hydrogen) atoms. The fourth-order valence-electron chi connectivity index (χ4n) is 1.62. The van der Waals surface area contributed by atoms with Crippen LogP contribution in [0.15, 0.2) is 0 Å². The van der Waals surface area contributed by atoms with E-state index in [1.54, 1.807) is 0 Å². The van der Waals surface area contributed by atoms with Gasteiger partial charge in [0.15, 0.2) is 0 Å². The normalized spacial score (nSPS) is 17.1. The molecule has 0 spiro atoms. The Hall–Kier alpha value is -0.200. The van der Waals surface area contributed by atoms with E-state index in [1.165, 1.54) is 12.8 Å². The smallest absolute Gasteiger partial charge is 0.0635 e. The molecule has 0 heterocycles. The van der Waals surface area contributed by atoms with E-state index in [1.807, 2.05) is 0 Å². The lowest BCUT2D eigenvalue weighted by molar-refractivity contribution is 0.189. The van der Waals surface area contributed by atoms with E-state index in [0.29, 0.717) is 6.42 Å². The summed E-state index contributed by atoms with van der Waals surface area (Å²) in [5.74, 6) is 0.906. The molecule has 0 unspecified atom stereocenters. The second-order valence-corrected chi connectivity index (χ2v) is 5.25. The third kappa shape index (κ3) is 3.89. The fraction of sp³-hybridized carbons (Fsp3) is 0.909. The van der Waals surface area contributed by atoms with Crippen molar-refractivity contribution < 1.29 is 0 Å². The van der Waals surface area contributed by atoms with Gasteiger partial charge in [-0.1, -0.05) is 13.8 Å². The minimum absolute atomic E-state index is 0.265. The molecule has 2 nitrogen and oxygen atoms in total. The van der Waals surface area contributed by atoms with Crippen LogP contribution in [-0.2, 0) is 0 Å². The summed E-state index contributed by atoms with van der Waals surface area (Å²) < 4.78 is 0. The van der Waals surface area contributed by atoms with Crippen LogP contribution in [-0.4, -0.2) is 29.8 Å². The van der Waals surface area contributed by atoms with Gasteiger partial charge in [-0.05, 0) is 24.0 Å². The first-order chi connectivity index (χ1) is 6.59. The maximum atomic E-state index is 8.58. The van der Waals surface area contributed by atoms with Crippen molar-refractivity contribution in [3.05, 3.63) is 0 Å². The average Bonchev–Trinajstić information content (AvgIpc) is 2.95. The first kappa shape index (κ1) is 11.9. The largest absolute Gasteiger partial charge is 0.299 e. The molecule has 0 aromatic rings. The molecule has 1 aliphatic rings. The van der Waals surface area contributed by atoms with Crippen molar-refractivity contribution in [1.29, 1.82) is 5.26 Å². The van der Waals surface area contributed by atoms with Crippen LogP contribution < -0.4 is 0 Å². The van der Waals surface area contributed by atoms with E-state index in [0.717, 1.165) is 24.9 Å². The van der Waals surface area contributed by atoms with Crippen LogP contribution in [0.1, 0.15) is 33.1 Å². The van der Waals surface area contributed by atoms with E-state index in [-0.39, 0.29) is 5.41 Å². The van der Waals surface area contributed by atoms with Gasteiger partial charge < -0.3 is 0 Å². The van der Waals surface area contributed by atoms with E-state index < -0.39 is 0 Å². The molecule has 0 bridgehead atoms. The van der Waals surface area contributed by atoms with Gasteiger partial charge in [0.25, 0.3) is 0 Å². The minimum Gasteiger partial charge on any atom is -0.299 e. The lowest BCUT2D eigenvalue weighted by atomic mass is 9.95. The highest BCUT2D eigenvalue weighted by Crippen LogP contribution is 2.30. The fourth-order valence-corrected chi connectivity index (χ4v) is 1.72. The Morgan fingerprint density at radius 1 is 1.50 bits per heavy atom. The topological polar surface area (TPSA) is 27.0 Å². The first-order valence-electron chi connectivity index (χ1n) is 5.31. The van der Waals surface area contributed by atoms with Crippen molar-refractivity contribution in [3.8, 4) is 6.07 Å². The van der Waals surface area contributed by atoms with Crippen molar-refractivity contribution in [3.63, 3.8) is 0 Å². The van der Waals surface area contributed by atoms with Gasteiger partial charge in [0, 0.05) is 25.6 Å². The lowest BCUT2D eigenvalue weighted by Crippen LogP contribution is -2.37. The van der Waals surface area contributed by atoms with Crippen LogP contribution in [0.4, 0.5) is 0 Å². The first-order valence-corrected chi connectivity index (χ1v) is 5.94. The number of hydrogen-bond donors (Lipinski definition) is 1. The maximum absolute atomic E-state index is 8.58. The van der Waals surface area contributed by atoms with Crippen LogP contribution in [0, 0.1) is 16.7 Å². The molecule has 1 aliphatic carbocycles. The van der Waals surface area contributed by atoms with Crippen LogP contribution in [0.3, 0.4) is 0 Å². The molecule has 1 fully saturated rings. The van der Waals surface area contributed by atoms with Crippen molar-refractivity contribution in [2.24, 2.45) is 5.41 Å². The lowest BCUT2D eigenvalue weighted by Gasteiger charge is -2.31. The zero-order valence-corrected chi connectivity index (χ0v) is 10.1. The van der Waals surface area contributed by atoms with Crippen molar-refractivity contribution in [2.75, 3.05) is 18.8 Å². The molecule has 0 N–H and O–H groups in total. The molecular formula is C11H20N2S. The van der Waals surface area contributed by atoms with Crippen LogP contribution in [0.2, 0.25) is 0 Å². The molecule has 0 saturated heterocycles. The van der Waals surface area contributed by atoms with Gasteiger partial charge in [0.1, 0.15) is 0 Å². The third-order valence-electron chi connectivity index (χ3n) is 2.63. The van der Waals surface area contributed by atoms with Gasteiger partial charge >= 0.3 is 0 Å². The van der Waals surface area contributed by atoms with Gasteiger partial charge in [-0.3, -0.25) is 4.90 Å². The molecular weight excluding hydrogens is 192 g/mol. The zero-order chi connectivity index (χ0) is 10.6. The number of nitriles is 1. The third-order valence-corrected chi connectivity index (χ3v) is 3.49. The molecule has 0 aromatic heterocycles. The van der Waals surface area contributed by atoms with Crippen LogP contribution in [0.5, 0.6) is 0 Å². The van der Waals surface area contributed by atoms with E-state index in [4.69, 9.17) is 5.26 Å². The molecule has 0 atom stereocenters. The SMILES string of the molecule is CC(C)(CS)CN(CCC#N)C1CC1. The number of nitrogens with zero attached hydrogens (tertiary/aromatic N) is 2. The Kier molecular flexibility index (Phi) is 4.28. The van der Waals surface area contributed by atoms with E-state index >= 15 is 0 Å². The summed E-state index contributed by atoms with van der Waals surface area (Å²) in [5.41, 5.74) is 0.265. The zero-order valence-electron chi connectivity index (χ0n) is 9.16. The molecule has 0 aliphatic heterocycles. The molecule has 80 valence electrons. The molecule has 1 saturated carbocycles. The second kappa shape index (κ2) is 5.04. The highest BCUT2D eigenvalue weighted by atomic mass is 32.1. The van der Waals surface area contributed by atoms with Crippen molar-refractivity contribution in [1.82, 2.24) is 4.90 Å². The van der Waals surface area contributed by atoms with Gasteiger partial charge in [0.05, 0.1) is 6.07 Å². The molecule has 1 rings (SSSR count). The Balaban J connectivity index is 2.39. The quantitative estimate of drug-likeness (QED) is 0.684. The van der Waals surface area contributed by atoms with Gasteiger partial charge in [-0.2, -0.15) is 17.9 Å². The van der Waals surface area contributed by atoms with E-state index in [2.05, 4.69) is 37.4 Å². The van der Waals surface area contributed by atoms with Gasteiger partial charge in [0.2, 0.25) is 0 Å². The summed E-state index contributed by atoms with van der Waals surface area (Å²) in [4.78, 5) is 2.46. The van der Waals surface area contributed by atoms with Gasteiger partial charge in [-0.15, -0.1) is 0 Å². The number of rotatable bonds is 6. The summed E-state index contributed by atoms with van der Waals surface area (Å²) in [7, 11) is 0. The highest BCUT2D eigenvalue weighted by molar-refractivity contribution is 7.80. The summed E-state index contributed by atoms with van der Waals surface area (Å²) in [6, 6.07) is 2.98. The van der Waals surface area contributed by atoms with Crippen LogP contribution in [0.25, 0.3) is 0 Å². The predicted molar refractivity (Wildman–Crippen MR) is 62.5 cm³/mol.